The maximum atomic E-state index is 12.5. The second-order valence-corrected chi connectivity index (χ2v) is 9.09. The molecule has 0 radical (unpaired) electrons. The topological polar surface area (TPSA) is 84.5 Å². The molecule has 0 fully saturated rings. The van der Waals surface area contributed by atoms with Crippen LogP contribution < -0.4 is 14.8 Å². The molecule has 30 heavy (non-hydrogen) atoms. The van der Waals surface area contributed by atoms with Crippen molar-refractivity contribution >= 4 is 37.5 Å². The first kappa shape index (κ1) is 21.9. The van der Waals surface area contributed by atoms with Gasteiger partial charge < -0.3 is 10.1 Å². The fourth-order valence-electron chi connectivity index (χ4n) is 2.77. The van der Waals surface area contributed by atoms with Gasteiger partial charge in [-0.2, -0.15) is 0 Å². The number of carbonyl (C=O) groups is 1. The number of halogens is 1. The first-order valence-corrected chi connectivity index (χ1v) is 11.4. The van der Waals surface area contributed by atoms with E-state index in [1.54, 1.807) is 37.4 Å². The number of hydrogen-bond donors (Lipinski definition) is 2. The van der Waals surface area contributed by atoms with Crippen LogP contribution in [-0.2, 0) is 16.4 Å². The molecule has 3 rings (SSSR count). The Morgan fingerprint density at radius 2 is 1.70 bits per heavy atom. The van der Waals surface area contributed by atoms with Gasteiger partial charge in [0.05, 0.1) is 12.0 Å². The van der Waals surface area contributed by atoms with E-state index in [9.17, 15) is 13.2 Å². The molecule has 0 saturated heterocycles. The van der Waals surface area contributed by atoms with Crippen LogP contribution in [0, 0.1) is 0 Å². The lowest BCUT2D eigenvalue weighted by Gasteiger charge is -2.10. The molecule has 0 unspecified atom stereocenters. The molecule has 0 aliphatic rings. The number of amides is 1. The average molecular weight is 489 g/mol. The van der Waals surface area contributed by atoms with Gasteiger partial charge >= 0.3 is 0 Å². The molecule has 0 aliphatic heterocycles. The Bertz CT molecular complexity index is 1110. The van der Waals surface area contributed by atoms with Gasteiger partial charge in [0.1, 0.15) is 5.75 Å². The SMILES string of the molecule is COc1ccc(CCNC(=O)c2cccc(NS(=O)(=O)c3ccc(Br)cc3)c2)cc1. The lowest BCUT2D eigenvalue weighted by Crippen LogP contribution is -2.25. The zero-order valence-corrected chi connectivity index (χ0v) is 18.7. The number of rotatable bonds is 8. The van der Waals surface area contributed by atoms with Crippen LogP contribution in [0.15, 0.2) is 82.2 Å². The number of nitrogens with one attached hydrogen (secondary N) is 2. The monoisotopic (exact) mass is 488 g/mol. The van der Waals surface area contributed by atoms with Crippen molar-refractivity contribution in [3.05, 3.63) is 88.4 Å². The van der Waals surface area contributed by atoms with E-state index in [0.29, 0.717) is 24.2 Å². The summed E-state index contributed by atoms with van der Waals surface area (Å²) in [6.07, 6.45) is 0.672. The summed E-state index contributed by atoms with van der Waals surface area (Å²) < 4.78 is 33.5. The fourth-order valence-corrected chi connectivity index (χ4v) is 4.08. The molecule has 0 spiro atoms. The van der Waals surface area contributed by atoms with E-state index in [0.717, 1.165) is 15.8 Å². The maximum Gasteiger partial charge on any atom is 0.261 e. The molecule has 0 saturated carbocycles. The van der Waals surface area contributed by atoms with Gasteiger partial charge in [0.2, 0.25) is 0 Å². The minimum absolute atomic E-state index is 0.139. The van der Waals surface area contributed by atoms with Crippen LogP contribution in [-0.4, -0.2) is 28.0 Å². The third kappa shape index (κ3) is 5.84. The van der Waals surface area contributed by atoms with Crippen LogP contribution in [0.2, 0.25) is 0 Å². The summed E-state index contributed by atoms with van der Waals surface area (Å²) in [6.45, 7) is 0.458. The van der Waals surface area contributed by atoms with Gasteiger partial charge in [-0.1, -0.05) is 34.1 Å². The summed E-state index contributed by atoms with van der Waals surface area (Å²) in [5, 5.41) is 2.85. The molecular weight excluding hydrogens is 468 g/mol. The summed E-state index contributed by atoms with van der Waals surface area (Å²) in [5.74, 6) is 0.512. The Hall–Kier alpha value is -2.84. The van der Waals surface area contributed by atoms with E-state index >= 15 is 0 Å². The quantitative estimate of drug-likeness (QED) is 0.496. The smallest absolute Gasteiger partial charge is 0.261 e. The maximum absolute atomic E-state index is 12.5. The van der Waals surface area contributed by atoms with Crippen molar-refractivity contribution in [2.45, 2.75) is 11.3 Å². The van der Waals surface area contributed by atoms with Gasteiger partial charge in [-0.15, -0.1) is 0 Å². The van der Waals surface area contributed by atoms with Crippen molar-refractivity contribution in [1.82, 2.24) is 5.32 Å². The molecule has 156 valence electrons. The highest BCUT2D eigenvalue weighted by molar-refractivity contribution is 9.10. The molecule has 2 N–H and O–H groups in total. The van der Waals surface area contributed by atoms with E-state index < -0.39 is 10.0 Å². The average Bonchev–Trinajstić information content (AvgIpc) is 2.74. The van der Waals surface area contributed by atoms with E-state index in [1.165, 1.54) is 18.2 Å². The van der Waals surface area contributed by atoms with Crippen LogP contribution in [0.25, 0.3) is 0 Å². The zero-order valence-electron chi connectivity index (χ0n) is 16.3. The standard InChI is InChI=1S/C22H21BrN2O4S/c1-29-20-9-5-16(6-10-20)13-14-24-22(26)17-3-2-4-19(15-17)25-30(27,28)21-11-7-18(23)8-12-21/h2-12,15,25H,13-14H2,1H3,(H,24,26). The van der Waals surface area contributed by atoms with Crippen molar-refractivity contribution < 1.29 is 17.9 Å². The number of anilines is 1. The number of carbonyl (C=O) groups excluding carboxylic acids is 1. The van der Waals surface area contributed by atoms with Gasteiger partial charge in [-0.3, -0.25) is 9.52 Å². The Kier molecular flexibility index (Phi) is 7.12. The highest BCUT2D eigenvalue weighted by atomic mass is 79.9. The third-order valence-corrected chi connectivity index (χ3v) is 6.29. The summed E-state index contributed by atoms with van der Waals surface area (Å²) in [6, 6.07) is 20.3. The van der Waals surface area contributed by atoms with Gasteiger partial charge in [0.15, 0.2) is 0 Å². The molecular formula is C22H21BrN2O4S. The van der Waals surface area contributed by atoms with Crippen molar-refractivity contribution in [3.8, 4) is 5.75 Å². The minimum atomic E-state index is -3.74. The minimum Gasteiger partial charge on any atom is -0.497 e. The molecule has 3 aromatic rings. The van der Waals surface area contributed by atoms with E-state index in [2.05, 4.69) is 26.0 Å². The predicted molar refractivity (Wildman–Crippen MR) is 120 cm³/mol. The van der Waals surface area contributed by atoms with Gasteiger partial charge in [0.25, 0.3) is 15.9 Å². The van der Waals surface area contributed by atoms with Crippen LogP contribution in [0.5, 0.6) is 5.75 Å². The molecule has 0 bridgehead atoms. The Morgan fingerprint density at radius 3 is 2.37 bits per heavy atom. The molecule has 0 atom stereocenters. The number of sulfonamides is 1. The van der Waals surface area contributed by atoms with E-state index in [4.69, 9.17) is 4.74 Å². The Morgan fingerprint density at radius 1 is 1.00 bits per heavy atom. The summed E-state index contributed by atoms with van der Waals surface area (Å²) in [7, 11) is -2.13. The fraction of sp³-hybridized carbons (Fsp3) is 0.136. The van der Waals surface area contributed by atoms with Crippen LogP contribution >= 0.6 is 15.9 Å². The van der Waals surface area contributed by atoms with Crippen LogP contribution in [0.1, 0.15) is 15.9 Å². The number of methoxy groups -OCH3 is 1. The molecule has 6 nitrogen and oxygen atoms in total. The zero-order chi connectivity index (χ0) is 21.6. The Balaban J connectivity index is 1.61. The van der Waals surface area contributed by atoms with Gasteiger partial charge in [0, 0.05) is 22.3 Å². The van der Waals surface area contributed by atoms with Crippen molar-refractivity contribution in [2.75, 3.05) is 18.4 Å². The lowest BCUT2D eigenvalue weighted by molar-refractivity contribution is 0.0954. The summed E-state index contributed by atoms with van der Waals surface area (Å²) in [4.78, 5) is 12.6. The van der Waals surface area contributed by atoms with Gasteiger partial charge in [-0.05, 0) is 66.6 Å². The largest absolute Gasteiger partial charge is 0.497 e. The van der Waals surface area contributed by atoms with Gasteiger partial charge in [-0.25, -0.2) is 8.42 Å². The second-order valence-electron chi connectivity index (χ2n) is 6.49. The molecule has 3 aromatic carbocycles. The molecule has 8 heteroatoms. The number of benzene rings is 3. The van der Waals surface area contributed by atoms with Crippen LogP contribution in [0.3, 0.4) is 0 Å². The number of hydrogen-bond acceptors (Lipinski definition) is 4. The second kappa shape index (κ2) is 9.77. The van der Waals surface area contributed by atoms with Crippen molar-refractivity contribution in [1.29, 1.82) is 0 Å². The van der Waals surface area contributed by atoms with E-state index in [-0.39, 0.29) is 10.8 Å². The first-order valence-electron chi connectivity index (χ1n) is 9.17. The highest BCUT2D eigenvalue weighted by Crippen LogP contribution is 2.19. The normalized spacial score (nSPS) is 11.0. The highest BCUT2D eigenvalue weighted by Gasteiger charge is 2.15. The first-order chi connectivity index (χ1) is 14.4. The predicted octanol–water partition coefficient (Wildman–Crippen LogP) is 4.23. The van der Waals surface area contributed by atoms with Crippen molar-refractivity contribution in [3.63, 3.8) is 0 Å². The molecule has 1 amide bonds. The lowest BCUT2D eigenvalue weighted by atomic mass is 10.1. The molecule has 0 aliphatic carbocycles. The van der Waals surface area contributed by atoms with Crippen LogP contribution in [0.4, 0.5) is 5.69 Å². The summed E-state index contributed by atoms with van der Waals surface area (Å²) in [5.41, 5.74) is 1.77. The molecule has 0 aromatic heterocycles. The van der Waals surface area contributed by atoms with Crippen molar-refractivity contribution in [2.24, 2.45) is 0 Å². The molecule has 0 heterocycles. The third-order valence-electron chi connectivity index (χ3n) is 4.36. The van der Waals surface area contributed by atoms with E-state index in [1.807, 2.05) is 24.3 Å². The number of ether oxygens (including phenoxy) is 1. The summed E-state index contributed by atoms with van der Waals surface area (Å²) >= 11 is 3.28. The Labute approximate surface area is 184 Å².